The molecule has 194 valence electrons. The summed E-state index contributed by atoms with van der Waals surface area (Å²) in [4.78, 5) is 14.1. The van der Waals surface area contributed by atoms with E-state index in [0.29, 0.717) is 17.2 Å². The van der Waals surface area contributed by atoms with Crippen LogP contribution in [0.3, 0.4) is 0 Å². The maximum atomic E-state index is 12.3. The number of benzene rings is 2. The van der Waals surface area contributed by atoms with Gasteiger partial charge in [-0.05, 0) is 89.1 Å². The molecule has 0 unspecified atom stereocenters. The van der Waals surface area contributed by atoms with Gasteiger partial charge in [-0.1, -0.05) is 30.3 Å². The summed E-state index contributed by atoms with van der Waals surface area (Å²) < 4.78 is 13.4. The summed E-state index contributed by atoms with van der Waals surface area (Å²) in [7, 11) is 0. The van der Waals surface area contributed by atoms with Gasteiger partial charge in [0.25, 0.3) is 0 Å². The second kappa shape index (κ2) is 11.5. The number of aryl methyl sites for hydroxylation is 2. The molecule has 3 aromatic rings. The van der Waals surface area contributed by atoms with E-state index in [1.54, 1.807) is 4.68 Å². The number of nitrogens with zero attached hydrogens (tertiary/aromatic N) is 4. The topological polar surface area (TPSA) is 80.4 Å². The van der Waals surface area contributed by atoms with Crippen molar-refractivity contribution in [3.8, 4) is 17.5 Å². The molecule has 1 amide bonds. The van der Waals surface area contributed by atoms with Crippen LogP contribution < -0.4 is 4.74 Å². The molecule has 7 heteroatoms. The highest BCUT2D eigenvalue weighted by molar-refractivity contribution is 5.68. The number of ether oxygens (including phenoxy) is 2. The highest BCUT2D eigenvalue weighted by atomic mass is 16.6. The molecule has 2 aromatic carbocycles. The molecule has 0 aliphatic carbocycles. The average Bonchev–Trinajstić information content (AvgIpc) is 3.21. The first-order chi connectivity index (χ1) is 17.7. The zero-order valence-corrected chi connectivity index (χ0v) is 22.2. The van der Waals surface area contributed by atoms with Crippen molar-refractivity contribution >= 4 is 6.09 Å². The first-order valence-corrected chi connectivity index (χ1v) is 13.0. The molecule has 0 radical (unpaired) electrons. The molecule has 1 aliphatic rings. The van der Waals surface area contributed by atoms with Crippen LogP contribution in [-0.2, 0) is 17.8 Å². The lowest BCUT2D eigenvalue weighted by Gasteiger charge is -2.33. The van der Waals surface area contributed by atoms with Crippen LogP contribution in [0.5, 0.6) is 5.75 Å². The van der Waals surface area contributed by atoms with Crippen molar-refractivity contribution in [2.45, 2.75) is 65.6 Å². The van der Waals surface area contributed by atoms with E-state index in [0.717, 1.165) is 55.9 Å². The Hall–Kier alpha value is -3.79. The number of para-hydroxylation sites is 1. The summed E-state index contributed by atoms with van der Waals surface area (Å²) in [6.07, 6.45) is 3.91. The van der Waals surface area contributed by atoms with Crippen molar-refractivity contribution in [2.75, 3.05) is 13.1 Å². The highest BCUT2D eigenvalue weighted by Crippen LogP contribution is 2.25. The largest absolute Gasteiger partial charge is 0.487 e. The molecule has 4 rings (SSSR count). The molecule has 1 aromatic heterocycles. The Labute approximate surface area is 219 Å². The summed E-state index contributed by atoms with van der Waals surface area (Å²) in [6.45, 7) is 9.33. The van der Waals surface area contributed by atoms with Crippen LogP contribution in [0.15, 0.2) is 54.6 Å². The van der Waals surface area contributed by atoms with Gasteiger partial charge in [0.15, 0.2) is 0 Å². The number of hydrogen-bond acceptors (Lipinski definition) is 5. The van der Waals surface area contributed by atoms with Gasteiger partial charge in [0.2, 0.25) is 0 Å². The van der Waals surface area contributed by atoms with Crippen LogP contribution in [0.4, 0.5) is 4.79 Å². The monoisotopic (exact) mass is 500 g/mol. The summed E-state index contributed by atoms with van der Waals surface area (Å²) >= 11 is 0. The molecule has 0 saturated carbocycles. The van der Waals surface area contributed by atoms with Gasteiger partial charge in [-0.3, -0.25) is 0 Å². The van der Waals surface area contributed by atoms with Gasteiger partial charge in [0, 0.05) is 13.1 Å². The number of likely N-dealkylation sites (tertiary alicyclic amines) is 1. The second-order valence-corrected chi connectivity index (χ2v) is 10.6. The molecule has 0 bridgehead atoms. The minimum Gasteiger partial charge on any atom is -0.487 e. The van der Waals surface area contributed by atoms with Gasteiger partial charge in [-0.15, -0.1) is 0 Å². The van der Waals surface area contributed by atoms with E-state index in [1.165, 1.54) is 5.56 Å². The lowest BCUT2D eigenvalue weighted by molar-refractivity contribution is 0.0181. The van der Waals surface area contributed by atoms with Crippen molar-refractivity contribution < 1.29 is 14.3 Å². The first kappa shape index (κ1) is 26.3. The van der Waals surface area contributed by atoms with E-state index in [4.69, 9.17) is 9.47 Å². The SMILES string of the molecule is Cc1nn(-c2ccccc2)c(COc2ccc(CCC3CCN(C(=O)OC(C)(C)C)CC3)cc2)c1C#N. The zero-order chi connectivity index (χ0) is 26.4. The number of piperidine rings is 1. The number of hydrogen-bond donors (Lipinski definition) is 0. The van der Waals surface area contributed by atoms with Gasteiger partial charge < -0.3 is 14.4 Å². The van der Waals surface area contributed by atoms with Crippen molar-refractivity contribution in [3.63, 3.8) is 0 Å². The third-order valence-electron chi connectivity index (χ3n) is 6.68. The molecule has 0 N–H and O–H groups in total. The van der Waals surface area contributed by atoms with Crippen LogP contribution in [0.1, 0.15) is 62.5 Å². The molecule has 2 heterocycles. The Balaban J connectivity index is 1.28. The fourth-order valence-electron chi connectivity index (χ4n) is 4.64. The van der Waals surface area contributed by atoms with Gasteiger partial charge in [-0.25, -0.2) is 9.48 Å². The number of carbonyl (C=O) groups is 1. The lowest BCUT2D eigenvalue weighted by atomic mass is 9.90. The van der Waals surface area contributed by atoms with Crippen LogP contribution in [0.25, 0.3) is 5.69 Å². The van der Waals surface area contributed by atoms with E-state index in [9.17, 15) is 10.1 Å². The van der Waals surface area contributed by atoms with Crippen molar-refractivity contribution in [1.82, 2.24) is 14.7 Å². The van der Waals surface area contributed by atoms with E-state index in [2.05, 4.69) is 23.3 Å². The number of aromatic nitrogens is 2. The molecule has 1 saturated heterocycles. The Morgan fingerprint density at radius 3 is 2.38 bits per heavy atom. The Morgan fingerprint density at radius 1 is 1.08 bits per heavy atom. The Bertz CT molecular complexity index is 1230. The fraction of sp³-hybridized carbons (Fsp3) is 0.433. The molecule has 0 spiro atoms. The fourth-order valence-corrected chi connectivity index (χ4v) is 4.64. The van der Waals surface area contributed by atoms with Crippen molar-refractivity contribution in [1.29, 1.82) is 5.26 Å². The molecule has 1 aliphatic heterocycles. The van der Waals surface area contributed by atoms with Gasteiger partial charge in [0.1, 0.15) is 29.6 Å². The van der Waals surface area contributed by atoms with Crippen molar-refractivity contribution in [3.05, 3.63) is 77.1 Å². The van der Waals surface area contributed by atoms with E-state index in [1.807, 2.05) is 75.1 Å². The Morgan fingerprint density at radius 2 is 1.76 bits per heavy atom. The van der Waals surface area contributed by atoms with Crippen LogP contribution in [0, 0.1) is 24.2 Å². The zero-order valence-electron chi connectivity index (χ0n) is 22.2. The molecule has 7 nitrogen and oxygen atoms in total. The molecular formula is C30H36N4O3. The smallest absolute Gasteiger partial charge is 0.410 e. The molecule has 1 fully saturated rings. The minimum absolute atomic E-state index is 0.203. The third-order valence-corrected chi connectivity index (χ3v) is 6.68. The van der Waals surface area contributed by atoms with Gasteiger partial charge in [-0.2, -0.15) is 10.4 Å². The predicted octanol–water partition coefficient (Wildman–Crippen LogP) is 6.21. The summed E-state index contributed by atoms with van der Waals surface area (Å²) in [5.74, 6) is 1.37. The van der Waals surface area contributed by atoms with E-state index < -0.39 is 5.60 Å². The summed E-state index contributed by atoms with van der Waals surface area (Å²) in [6, 6.07) is 20.3. The standard InChI is InChI=1S/C30H36N4O3/c1-22-27(20-31)28(34(32-22)25-8-6-5-7-9-25)21-36-26-14-12-23(13-15-26)10-11-24-16-18-33(19-17-24)29(35)37-30(2,3)4/h5-9,12-15,24H,10-11,16-19,21H2,1-4H3. The highest BCUT2D eigenvalue weighted by Gasteiger charge is 2.26. The van der Waals surface area contributed by atoms with Gasteiger partial charge >= 0.3 is 6.09 Å². The average molecular weight is 501 g/mol. The molecule has 0 atom stereocenters. The third kappa shape index (κ3) is 6.91. The van der Waals surface area contributed by atoms with E-state index >= 15 is 0 Å². The molecule has 37 heavy (non-hydrogen) atoms. The Kier molecular flexibility index (Phi) is 8.17. The predicted molar refractivity (Wildman–Crippen MR) is 143 cm³/mol. The summed E-state index contributed by atoms with van der Waals surface area (Å²) in [5.41, 5.74) is 3.70. The minimum atomic E-state index is -0.455. The number of nitriles is 1. The quantitative estimate of drug-likeness (QED) is 0.385. The van der Waals surface area contributed by atoms with Crippen LogP contribution >= 0.6 is 0 Å². The summed E-state index contributed by atoms with van der Waals surface area (Å²) in [5, 5.41) is 14.2. The van der Waals surface area contributed by atoms with Crippen molar-refractivity contribution in [2.24, 2.45) is 5.92 Å². The normalized spacial score (nSPS) is 14.3. The number of carbonyl (C=O) groups excluding carboxylic acids is 1. The molecular weight excluding hydrogens is 464 g/mol. The first-order valence-electron chi connectivity index (χ1n) is 13.0. The maximum Gasteiger partial charge on any atom is 0.410 e. The maximum absolute atomic E-state index is 12.3. The van der Waals surface area contributed by atoms with Crippen LogP contribution in [0.2, 0.25) is 0 Å². The van der Waals surface area contributed by atoms with Gasteiger partial charge in [0.05, 0.1) is 17.1 Å². The number of amides is 1. The van der Waals surface area contributed by atoms with E-state index in [-0.39, 0.29) is 12.7 Å². The number of rotatable bonds is 7. The lowest BCUT2D eigenvalue weighted by Crippen LogP contribution is -2.41. The second-order valence-electron chi connectivity index (χ2n) is 10.6. The van der Waals surface area contributed by atoms with Crippen LogP contribution in [-0.4, -0.2) is 39.5 Å².